The Morgan fingerprint density at radius 1 is 1.26 bits per heavy atom. The smallest absolute Gasteiger partial charge is 0.341 e. The molecular weight excluding hydrogens is 314 g/mol. The minimum atomic E-state index is -1.04. The Morgan fingerprint density at radius 3 is 3.04 bits per heavy atom. The summed E-state index contributed by atoms with van der Waals surface area (Å²) in [4.78, 5) is 23.1. The predicted octanol–water partition coefficient (Wildman–Crippen LogP) is 3.30. The van der Waals surface area contributed by atoms with Gasteiger partial charge >= 0.3 is 5.97 Å². The van der Waals surface area contributed by atoms with E-state index in [1.165, 1.54) is 17.7 Å². The number of hydrogen-bond donors (Lipinski definition) is 2. The van der Waals surface area contributed by atoms with Crippen LogP contribution in [0.5, 0.6) is 5.88 Å². The van der Waals surface area contributed by atoms with E-state index in [9.17, 15) is 4.79 Å². The van der Waals surface area contributed by atoms with E-state index in [2.05, 4.69) is 21.0 Å². The van der Waals surface area contributed by atoms with E-state index in [0.29, 0.717) is 5.88 Å². The molecule has 6 nitrogen and oxygen atoms in total. The van der Waals surface area contributed by atoms with Gasteiger partial charge in [0.15, 0.2) is 6.61 Å². The van der Waals surface area contributed by atoms with Crippen LogP contribution in [0.2, 0.25) is 0 Å². The van der Waals surface area contributed by atoms with Crippen LogP contribution in [0, 0.1) is 0 Å². The molecule has 1 aromatic carbocycles. The first-order chi connectivity index (χ1) is 11.2. The Hall–Kier alpha value is -2.93. The normalized spacial score (nSPS) is 11.1. The molecule has 0 bridgehead atoms. The van der Waals surface area contributed by atoms with Crippen LogP contribution < -0.4 is 4.74 Å². The topological polar surface area (TPSA) is 88.1 Å². The van der Waals surface area contributed by atoms with Crippen LogP contribution in [-0.2, 0) is 4.79 Å². The van der Waals surface area contributed by atoms with Crippen molar-refractivity contribution in [2.45, 2.75) is 0 Å². The SMILES string of the molecule is O=C(O)COc1ncnc2cc(-c3ccc4[nH]ccc4c3)sc12. The summed E-state index contributed by atoms with van der Waals surface area (Å²) in [6, 6.07) is 10.1. The van der Waals surface area contributed by atoms with E-state index in [-0.39, 0.29) is 0 Å². The number of ether oxygens (including phenoxy) is 1. The van der Waals surface area contributed by atoms with Gasteiger partial charge in [-0.05, 0) is 35.2 Å². The number of aliphatic carboxylic acids is 1. The van der Waals surface area contributed by atoms with Crippen molar-refractivity contribution in [2.75, 3.05) is 6.61 Å². The summed E-state index contributed by atoms with van der Waals surface area (Å²) in [5, 5.41) is 9.88. The van der Waals surface area contributed by atoms with Gasteiger partial charge in [-0.3, -0.25) is 0 Å². The molecule has 0 spiro atoms. The molecule has 0 aliphatic carbocycles. The molecule has 114 valence electrons. The predicted molar refractivity (Wildman–Crippen MR) is 87.8 cm³/mol. The molecule has 23 heavy (non-hydrogen) atoms. The minimum absolute atomic E-state index is 0.302. The number of thiophene rings is 1. The summed E-state index contributed by atoms with van der Waals surface area (Å²) < 4.78 is 5.99. The number of fused-ring (bicyclic) bond motifs is 2. The summed E-state index contributed by atoms with van der Waals surface area (Å²) in [6.45, 7) is -0.422. The Labute approximate surface area is 134 Å². The lowest BCUT2D eigenvalue weighted by atomic mass is 10.1. The van der Waals surface area contributed by atoms with Crippen LogP contribution in [0.25, 0.3) is 31.6 Å². The van der Waals surface area contributed by atoms with E-state index in [4.69, 9.17) is 9.84 Å². The number of aromatic amines is 1. The fraction of sp³-hybridized carbons (Fsp3) is 0.0625. The number of aromatic nitrogens is 3. The molecule has 4 aromatic rings. The van der Waals surface area contributed by atoms with E-state index < -0.39 is 12.6 Å². The molecule has 2 N–H and O–H groups in total. The first-order valence-corrected chi connectivity index (χ1v) is 7.69. The summed E-state index contributed by atoms with van der Waals surface area (Å²) in [6.07, 6.45) is 3.29. The van der Waals surface area contributed by atoms with Crippen LogP contribution in [0.15, 0.2) is 42.9 Å². The van der Waals surface area contributed by atoms with Crippen molar-refractivity contribution < 1.29 is 14.6 Å². The van der Waals surface area contributed by atoms with Crippen LogP contribution in [0.3, 0.4) is 0 Å². The third-order valence-electron chi connectivity index (χ3n) is 3.45. The van der Waals surface area contributed by atoms with Gasteiger partial charge in [-0.25, -0.2) is 14.8 Å². The second-order valence-electron chi connectivity index (χ2n) is 4.97. The molecule has 0 radical (unpaired) electrons. The lowest BCUT2D eigenvalue weighted by Gasteiger charge is -2.01. The number of carbonyl (C=O) groups is 1. The van der Waals surface area contributed by atoms with Gasteiger partial charge in [0.1, 0.15) is 11.0 Å². The lowest BCUT2D eigenvalue weighted by Crippen LogP contribution is -2.10. The van der Waals surface area contributed by atoms with Crippen molar-refractivity contribution >= 4 is 38.4 Å². The number of nitrogens with one attached hydrogen (secondary N) is 1. The molecule has 0 aliphatic heterocycles. The van der Waals surface area contributed by atoms with Gasteiger partial charge in [-0.2, -0.15) is 0 Å². The number of carboxylic acid groups (broad SMARTS) is 1. The van der Waals surface area contributed by atoms with Crippen LogP contribution in [0.1, 0.15) is 0 Å². The second kappa shape index (κ2) is 5.36. The number of rotatable bonds is 4. The maximum Gasteiger partial charge on any atom is 0.341 e. The number of hydrogen-bond acceptors (Lipinski definition) is 5. The van der Waals surface area contributed by atoms with Gasteiger partial charge in [0, 0.05) is 16.6 Å². The Kier molecular flexibility index (Phi) is 3.20. The molecule has 4 rings (SSSR count). The molecule has 0 saturated carbocycles. The highest BCUT2D eigenvalue weighted by atomic mass is 32.1. The monoisotopic (exact) mass is 325 g/mol. The van der Waals surface area contributed by atoms with E-state index >= 15 is 0 Å². The van der Waals surface area contributed by atoms with Gasteiger partial charge in [0.25, 0.3) is 0 Å². The van der Waals surface area contributed by atoms with Crippen molar-refractivity contribution in [1.82, 2.24) is 15.0 Å². The van der Waals surface area contributed by atoms with Gasteiger partial charge in [0.2, 0.25) is 5.88 Å². The average molecular weight is 325 g/mol. The maximum atomic E-state index is 10.7. The van der Waals surface area contributed by atoms with Crippen molar-refractivity contribution in [1.29, 1.82) is 0 Å². The number of H-pyrrole nitrogens is 1. The summed E-state index contributed by atoms with van der Waals surface area (Å²) >= 11 is 1.49. The first-order valence-electron chi connectivity index (χ1n) is 6.87. The Bertz CT molecular complexity index is 1020. The number of benzene rings is 1. The quantitative estimate of drug-likeness (QED) is 0.601. The lowest BCUT2D eigenvalue weighted by molar-refractivity contribution is -0.139. The van der Waals surface area contributed by atoms with Crippen LogP contribution in [0.4, 0.5) is 0 Å². The van der Waals surface area contributed by atoms with Crippen molar-refractivity contribution in [3.63, 3.8) is 0 Å². The molecule has 3 heterocycles. The molecule has 0 saturated heterocycles. The number of nitrogens with zero attached hydrogens (tertiary/aromatic N) is 2. The Balaban J connectivity index is 1.78. The molecular formula is C16H11N3O3S. The summed E-state index contributed by atoms with van der Waals surface area (Å²) in [7, 11) is 0. The second-order valence-corrected chi connectivity index (χ2v) is 6.02. The molecule has 0 aliphatic rings. The minimum Gasteiger partial charge on any atom is -0.479 e. The maximum absolute atomic E-state index is 10.7. The Morgan fingerprint density at radius 2 is 2.17 bits per heavy atom. The molecule has 0 unspecified atom stereocenters. The van der Waals surface area contributed by atoms with Gasteiger partial charge in [-0.15, -0.1) is 11.3 Å². The van der Waals surface area contributed by atoms with Crippen molar-refractivity contribution in [3.05, 3.63) is 42.9 Å². The van der Waals surface area contributed by atoms with Crippen molar-refractivity contribution in [3.8, 4) is 16.3 Å². The molecule has 3 aromatic heterocycles. The number of carboxylic acids is 1. The largest absolute Gasteiger partial charge is 0.479 e. The summed E-state index contributed by atoms with van der Waals surface area (Å²) in [5.74, 6) is -0.733. The van der Waals surface area contributed by atoms with E-state index in [1.807, 2.05) is 30.5 Å². The molecule has 7 heteroatoms. The van der Waals surface area contributed by atoms with Crippen molar-refractivity contribution in [2.24, 2.45) is 0 Å². The molecule has 0 atom stereocenters. The van der Waals surface area contributed by atoms with E-state index in [1.54, 1.807) is 0 Å². The van der Waals surface area contributed by atoms with Crippen LogP contribution in [-0.4, -0.2) is 32.6 Å². The zero-order chi connectivity index (χ0) is 15.8. The molecule has 0 amide bonds. The highest BCUT2D eigenvalue weighted by molar-refractivity contribution is 7.22. The highest BCUT2D eigenvalue weighted by Gasteiger charge is 2.12. The van der Waals surface area contributed by atoms with Gasteiger partial charge < -0.3 is 14.8 Å². The van der Waals surface area contributed by atoms with Crippen LogP contribution >= 0.6 is 11.3 Å². The fourth-order valence-corrected chi connectivity index (χ4v) is 3.46. The fourth-order valence-electron chi connectivity index (χ4n) is 2.41. The van der Waals surface area contributed by atoms with E-state index in [0.717, 1.165) is 31.6 Å². The first kappa shape index (κ1) is 13.7. The van der Waals surface area contributed by atoms with Gasteiger partial charge in [0.05, 0.1) is 5.52 Å². The molecule has 0 fully saturated rings. The average Bonchev–Trinajstić information content (AvgIpc) is 3.18. The van der Waals surface area contributed by atoms with Gasteiger partial charge in [-0.1, -0.05) is 6.07 Å². The highest BCUT2D eigenvalue weighted by Crippen LogP contribution is 2.37. The summed E-state index contributed by atoms with van der Waals surface area (Å²) in [5.41, 5.74) is 2.90. The standard InChI is InChI=1S/C16H11N3O3S/c20-14(21)7-22-16-15-12(18-8-19-16)6-13(23-15)10-1-2-11-9(5-10)3-4-17-11/h1-6,8,17H,7H2,(H,20,21). The zero-order valence-corrected chi connectivity index (χ0v) is 12.6. The third-order valence-corrected chi connectivity index (χ3v) is 4.61. The third kappa shape index (κ3) is 2.51. The zero-order valence-electron chi connectivity index (χ0n) is 11.8.